The molecule has 0 spiro atoms. The molecule has 1 aromatic rings. The van der Waals surface area contributed by atoms with Crippen molar-refractivity contribution in [1.82, 2.24) is 0 Å². The highest BCUT2D eigenvalue weighted by Crippen LogP contribution is 2.16. The van der Waals surface area contributed by atoms with Crippen LogP contribution in [0.3, 0.4) is 0 Å². The van der Waals surface area contributed by atoms with E-state index in [0.29, 0.717) is 5.56 Å². The zero-order valence-electron chi connectivity index (χ0n) is 10.1. The van der Waals surface area contributed by atoms with E-state index in [1.54, 1.807) is 12.1 Å². The Bertz CT molecular complexity index is 483. The van der Waals surface area contributed by atoms with Crippen LogP contribution in [0.4, 0.5) is 4.39 Å². The zero-order chi connectivity index (χ0) is 13.1. The number of nitrogens with two attached hydrogens (primary N) is 1. The van der Waals surface area contributed by atoms with Crippen LogP contribution in [0.15, 0.2) is 18.2 Å². The third-order valence-electron chi connectivity index (χ3n) is 2.34. The second-order valence-electron chi connectivity index (χ2n) is 4.54. The number of rotatable bonds is 5. The maximum absolute atomic E-state index is 13.8. The molecular weight excluding hydrogens is 241 g/mol. The Kier molecular flexibility index (Phi) is 4.65. The van der Waals surface area contributed by atoms with Crippen LogP contribution in [0.5, 0.6) is 0 Å². The van der Waals surface area contributed by atoms with Gasteiger partial charge in [-0.2, -0.15) is 0 Å². The van der Waals surface area contributed by atoms with Crippen LogP contribution in [-0.4, -0.2) is 14.2 Å². The molecule has 17 heavy (non-hydrogen) atoms. The maximum atomic E-state index is 13.8. The monoisotopic (exact) mass is 259 g/mol. The molecule has 0 aromatic heterocycles. The van der Waals surface area contributed by atoms with E-state index in [9.17, 15) is 12.8 Å². The molecule has 0 saturated carbocycles. The molecule has 5 heteroatoms. The SMILES string of the molecule is CC(C)CS(=O)(=O)Cc1cccc(CN)c1F. The molecule has 0 heterocycles. The molecule has 0 atom stereocenters. The van der Waals surface area contributed by atoms with Crippen LogP contribution >= 0.6 is 0 Å². The predicted octanol–water partition coefficient (Wildman–Crippen LogP) is 1.86. The summed E-state index contributed by atoms with van der Waals surface area (Å²) in [5, 5.41) is 0. The van der Waals surface area contributed by atoms with Crippen molar-refractivity contribution >= 4 is 9.84 Å². The lowest BCUT2D eigenvalue weighted by molar-refractivity contribution is 0.572. The van der Waals surface area contributed by atoms with Gasteiger partial charge in [-0.25, -0.2) is 12.8 Å². The van der Waals surface area contributed by atoms with Crippen LogP contribution in [0.2, 0.25) is 0 Å². The third kappa shape index (κ3) is 4.09. The number of sulfone groups is 1. The molecule has 0 saturated heterocycles. The number of hydrogen-bond donors (Lipinski definition) is 1. The first kappa shape index (κ1) is 14.1. The van der Waals surface area contributed by atoms with Gasteiger partial charge in [0.15, 0.2) is 9.84 Å². The Morgan fingerprint density at radius 2 is 1.88 bits per heavy atom. The van der Waals surface area contributed by atoms with Gasteiger partial charge in [0.2, 0.25) is 0 Å². The molecule has 1 rings (SSSR count). The second-order valence-corrected chi connectivity index (χ2v) is 6.65. The molecule has 1 aromatic carbocycles. The van der Waals surface area contributed by atoms with E-state index in [4.69, 9.17) is 5.73 Å². The van der Waals surface area contributed by atoms with Crippen LogP contribution in [0, 0.1) is 11.7 Å². The van der Waals surface area contributed by atoms with Gasteiger partial charge in [0, 0.05) is 17.7 Å². The Labute approximate surface area is 102 Å². The van der Waals surface area contributed by atoms with Crippen molar-refractivity contribution in [1.29, 1.82) is 0 Å². The average molecular weight is 259 g/mol. The minimum Gasteiger partial charge on any atom is -0.326 e. The molecule has 0 fully saturated rings. The quantitative estimate of drug-likeness (QED) is 0.878. The highest BCUT2D eigenvalue weighted by molar-refractivity contribution is 7.90. The van der Waals surface area contributed by atoms with E-state index in [-0.39, 0.29) is 29.5 Å². The Balaban J connectivity index is 2.96. The molecule has 0 aliphatic carbocycles. The molecule has 0 aliphatic heterocycles. The van der Waals surface area contributed by atoms with Gasteiger partial charge >= 0.3 is 0 Å². The summed E-state index contributed by atoms with van der Waals surface area (Å²) in [6, 6.07) is 4.69. The summed E-state index contributed by atoms with van der Waals surface area (Å²) in [6.45, 7) is 3.72. The Morgan fingerprint density at radius 3 is 2.41 bits per heavy atom. The molecule has 3 nitrogen and oxygen atoms in total. The second kappa shape index (κ2) is 5.60. The summed E-state index contributed by atoms with van der Waals surface area (Å²) >= 11 is 0. The fourth-order valence-electron chi connectivity index (χ4n) is 1.71. The topological polar surface area (TPSA) is 60.2 Å². The van der Waals surface area contributed by atoms with Gasteiger partial charge in [0.1, 0.15) is 5.82 Å². The van der Waals surface area contributed by atoms with Crippen LogP contribution in [-0.2, 0) is 22.1 Å². The van der Waals surface area contributed by atoms with Gasteiger partial charge in [-0.3, -0.25) is 0 Å². The molecule has 96 valence electrons. The zero-order valence-corrected chi connectivity index (χ0v) is 10.9. The maximum Gasteiger partial charge on any atom is 0.154 e. The number of hydrogen-bond acceptors (Lipinski definition) is 3. The molecule has 0 aliphatic rings. The molecule has 0 bridgehead atoms. The standard InChI is InChI=1S/C12H18FNO2S/c1-9(2)7-17(15,16)8-11-5-3-4-10(6-14)12(11)13/h3-5,9H,6-8,14H2,1-2H3. The van der Waals surface area contributed by atoms with Crippen molar-refractivity contribution in [2.45, 2.75) is 26.1 Å². The van der Waals surface area contributed by atoms with Crippen LogP contribution in [0.1, 0.15) is 25.0 Å². The van der Waals surface area contributed by atoms with Gasteiger partial charge < -0.3 is 5.73 Å². The molecule has 0 unspecified atom stereocenters. The molecule has 0 radical (unpaired) electrons. The fraction of sp³-hybridized carbons (Fsp3) is 0.500. The minimum absolute atomic E-state index is 0.0424. The Hall–Kier alpha value is -0.940. The van der Waals surface area contributed by atoms with Crippen molar-refractivity contribution in [2.75, 3.05) is 5.75 Å². The van der Waals surface area contributed by atoms with Crippen LogP contribution in [0.25, 0.3) is 0 Å². The summed E-state index contributed by atoms with van der Waals surface area (Å²) in [5.41, 5.74) is 5.93. The summed E-state index contributed by atoms with van der Waals surface area (Å²) < 4.78 is 37.3. The smallest absolute Gasteiger partial charge is 0.154 e. The first-order chi connectivity index (χ1) is 7.85. The highest BCUT2D eigenvalue weighted by atomic mass is 32.2. The van der Waals surface area contributed by atoms with Crippen molar-refractivity contribution in [2.24, 2.45) is 11.7 Å². The van der Waals surface area contributed by atoms with Gasteiger partial charge in [-0.05, 0) is 5.92 Å². The van der Waals surface area contributed by atoms with E-state index < -0.39 is 15.7 Å². The van der Waals surface area contributed by atoms with Crippen molar-refractivity contribution in [3.8, 4) is 0 Å². The largest absolute Gasteiger partial charge is 0.326 e. The normalized spacial score (nSPS) is 12.1. The van der Waals surface area contributed by atoms with E-state index in [0.717, 1.165) is 0 Å². The first-order valence-electron chi connectivity index (χ1n) is 5.52. The third-order valence-corrected chi connectivity index (χ3v) is 4.27. The summed E-state index contributed by atoms with van der Waals surface area (Å²) in [5.74, 6) is -0.646. The molecular formula is C12H18FNO2S. The fourth-order valence-corrected chi connectivity index (χ4v) is 3.54. The highest BCUT2D eigenvalue weighted by Gasteiger charge is 2.17. The van der Waals surface area contributed by atoms with E-state index in [1.807, 2.05) is 13.8 Å². The van der Waals surface area contributed by atoms with E-state index >= 15 is 0 Å². The van der Waals surface area contributed by atoms with Gasteiger partial charge in [0.05, 0.1) is 11.5 Å². The summed E-state index contributed by atoms with van der Waals surface area (Å²) in [4.78, 5) is 0. The van der Waals surface area contributed by atoms with Gasteiger partial charge in [-0.15, -0.1) is 0 Å². The number of benzene rings is 1. The van der Waals surface area contributed by atoms with E-state index in [1.165, 1.54) is 6.07 Å². The van der Waals surface area contributed by atoms with Gasteiger partial charge in [-0.1, -0.05) is 32.0 Å². The van der Waals surface area contributed by atoms with Crippen LogP contribution < -0.4 is 5.73 Å². The minimum atomic E-state index is -3.26. The predicted molar refractivity (Wildman–Crippen MR) is 66.6 cm³/mol. The van der Waals surface area contributed by atoms with Gasteiger partial charge in [0.25, 0.3) is 0 Å². The summed E-state index contributed by atoms with van der Waals surface area (Å²) in [7, 11) is -3.26. The van der Waals surface area contributed by atoms with Crippen molar-refractivity contribution in [3.63, 3.8) is 0 Å². The van der Waals surface area contributed by atoms with Crippen molar-refractivity contribution < 1.29 is 12.8 Å². The first-order valence-corrected chi connectivity index (χ1v) is 7.34. The Morgan fingerprint density at radius 1 is 1.29 bits per heavy atom. The lowest BCUT2D eigenvalue weighted by Gasteiger charge is -2.09. The molecule has 2 N–H and O–H groups in total. The van der Waals surface area contributed by atoms with E-state index in [2.05, 4.69) is 0 Å². The van der Waals surface area contributed by atoms with Crippen molar-refractivity contribution in [3.05, 3.63) is 35.1 Å². The summed E-state index contributed by atoms with van der Waals surface area (Å²) in [6.07, 6.45) is 0. The number of halogens is 1. The lowest BCUT2D eigenvalue weighted by Crippen LogP contribution is -2.15. The molecule has 0 amide bonds. The lowest BCUT2D eigenvalue weighted by atomic mass is 10.1. The average Bonchev–Trinajstić information content (AvgIpc) is 2.19.